The van der Waals surface area contributed by atoms with E-state index in [4.69, 9.17) is 0 Å². The van der Waals surface area contributed by atoms with Crippen molar-refractivity contribution in [2.24, 2.45) is 0 Å². The van der Waals surface area contributed by atoms with Crippen molar-refractivity contribution in [3.8, 4) is 0 Å². The Morgan fingerprint density at radius 3 is 2.40 bits per heavy atom. The molecule has 0 saturated carbocycles. The van der Waals surface area contributed by atoms with Crippen LogP contribution in [0.15, 0.2) is 46.3 Å². The van der Waals surface area contributed by atoms with Crippen molar-refractivity contribution >= 4 is 38.3 Å². The number of thiophene rings is 1. The Hall–Kier alpha value is -0.490. The molecule has 0 fully saturated rings. The van der Waals surface area contributed by atoms with Crippen LogP contribution in [0.4, 0.5) is 0 Å². The quantitative estimate of drug-likeness (QED) is 0.832. The molecule has 108 valence electrons. The van der Waals surface area contributed by atoms with Crippen LogP contribution in [-0.4, -0.2) is 8.96 Å². The first kappa shape index (κ1) is 15.9. The van der Waals surface area contributed by atoms with Crippen molar-refractivity contribution in [1.29, 1.82) is 0 Å². The predicted octanol–water partition coefficient (Wildman–Crippen LogP) is 4.65. The molecule has 0 amide bonds. The van der Waals surface area contributed by atoms with Crippen LogP contribution in [0.25, 0.3) is 0 Å². The Balaban J connectivity index is 2.33. The van der Waals surface area contributed by atoms with Crippen LogP contribution in [-0.2, 0) is 11.0 Å². The molecule has 0 spiro atoms. The highest BCUT2D eigenvalue weighted by Crippen LogP contribution is 2.31. The van der Waals surface area contributed by atoms with Gasteiger partial charge in [0.15, 0.2) is 0 Å². The van der Waals surface area contributed by atoms with Gasteiger partial charge in [-0.15, -0.1) is 11.3 Å². The standard InChI is InChI=1S/C15H18BrNOS2/c1-15(2,3)20(18)17-14(11-7-5-4-6-8-11)13-9-12(16)10-19-13/h4-10,14,17H,1-3H3/t14-,20?/m0/s1. The summed E-state index contributed by atoms with van der Waals surface area (Å²) in [5, 5.41) is 2.05. The molecule has 20 heavy (non-hydrogen) atoms. The summed E-state index contributed by atoms with van der Waals surface area (Å²) < 4.78 is 16.5. The SMILES string of the molecule is CC(C)(C)S(=O)N[C@@H](c1ccccc1)c1cc(Br)cs1. The molecule has 0 aliphatic rings. The maximum atomic E-state index is 12.4. The fourth-order valence-electron chi connectivity index (χ4n) is 1.70. The lowest BCUT2D eigenvalue weighted by atomic mass is 10.1. The molecule has 2 rings (SSSR count). The lowest BCUT2D eigenvalue weighted by Gasteiger charge is -2.24. The highest BCUT2D eigenvalue weighted by molar-refractivity contribution is 9.10. The lowest BCUT2D eigenvalue weighted by Crippen LogP contribution is -2.35. The molecule has 1 heterocycles. The van der Waals surface area contributed by atoms with Crippen LogP contribution < -0.4 is 4.72 Å². The molecule has 1 aromatic carbocycles. The minimum atomic E-state index is -1.12. The molecule has 0 radical (unpaired) electrons. The first-order chi connectivity index (χ1) is 9.38. The van der Waals surface area contributed by atoms with Crippen LogP contribution in [0.2, 0.25) is 0 Å². The summed E-state index contributed by atoms with van der Waals surface area (Å²) in [7, 11) is -1.12. The number of benzene rings is 1. The third kappa shape index (κ3) is 4.01. The molecule has 0 aliphatic heterocycles. The second-order valence-corrected chi connectivity index (χ2v) is 9.37. The summed E-state index contributed by atoms with van der Waals surface area (Å²) in [4.78, 5) is 1.15. The molecule has 1 aromatic heterocycles. The smallest absolute Gasteiger partial charge is 0.0979 e. The first-order valence-electron chi connectivity index (χ1n) is 6.35. The Bertz CT molecular complexity index is 589. The van der Waals surface area contributed by atoms with Crippen molar-refractivity contribution in [2.45, 2.75) is 31.6 Å². The van der Waals surface area contributed by atoms with Gasteiger partial charge in [-0.3, -0.25) is 0 Å². The van der Waals surface area contributed by atoms with Gasteiger partial charge in [0.2, 0.25) is 0 Å². The topological polar surface area (TPSA) is 29.1 Å². The second-order valence-electron chi connectivity index (χ2n) is 5.51. The van der Waals surface area contributed by atoms with E-state index in [0.29, 0.717) is 0 Å². The van der Waals surface area contributed by atoms with E-state index in [2.05, 4.69) is 38.9 Å². The van der Waals surface area contributed by atoms with Crippen molar-refractivity contribution < 1.29 is 4.21 Å². The van der Waals surface area contributed by atoms with Crippen molar-refractivity contribution in [2.75, 3.05) is 0 Å². The van der Waals surface area contributed by atoms with E-state index in [1.54, 1.807) is 11.3 Å². The molecule has 2 nitrogen and oxygen atoms in total. The molecule has 0 aliphatic carbocycles. The van der Waals surface area contributed by atoms with Crippen molar-refractivity contribution in [1.82, 2.24) is 4.72 Å². The van der Waals surface area contributed by atoms with E-state index in [-0.39, 0.29) is 10.8 Å². The Labute approximate surface area is 135 Å². The fraction of sp³-hybridized carbons (Fsp3) is 0.333. The summed E-state index contributed by atoms with van der Waals surface area (Å²) in [6.45, 7) is 5.92. The molecule has 0 saturated heterocycles. The molecule has 1 unspecified atom stereocenters. The van der Waals surface area contributed by atoms with Gasteiger partial charge in [0.1, 0.15) is 0 Å². The largest absolute Gasteiger partial charge is 0.242 e. The number of hydrogen-bond acceptors (Lipinski definition) is 2. The summed E-state index contributed by atoms with van der Waals surface area (Å²) in [5.74, 6) is 0. The minimum absolute atomic E-state index is 0.0486. The Kier molecular flexibility index (Phi) is 5.18. The Morgan fingerprint density at radius 1 is 1.25 bits per heavy atom. The van der Waals surface area contributed by atoms with Gasteiger partial charge in [0.05, 0.1) is 21.8 Å². The van der Waals surface area contributed by atoms with E-state index in [1.807, 2.05) is 44.4 Å². The number of nitrogens with one attached hydrogen (secondary N) is 1. The monoisotopic (exact) mass is 371 g/mol. The summed E-state index contributed by atoms with van der Waals surface area (Å²) in [6, 6.07) is 12.2. The van der Waals surface area contributed by atoms with Gasteiger partial charge in [-0.1, -0.05) is 30.3 Å². The summed E-state index contributed by atoms with van der Waals surface area (Å²) in [5.41, 5.74) is 1.12. The van der Waals surface area contributed by atoms with E-state index in [9.17, 15) is 4.21 Å². The van der Waals surface area contributed by atoms with Crippen LogP contribution in [0.1, 0.15) is 37.3 Å². The average molecular weight is 372 g/mol. The summed E-state index contributed by atoms with van der Waals surface area (Å²) >= 11 is 5.15. The Morgan fingerprint density at radius 2 is 1.90 bits per heavy atom. The number of rotatable bonds is 4. The molecule has 2 atom stereocenters. The van der Waals surface area contributed by atoms with Gasteiger partial charge in [-0.25, -0.2) is 8.93 Å². The van der Waals surface area contributed by atoms with Gasteiger partial charge < -0.3 is 0 Å². The predicted molar refractivity (Wildman–Crippen MR) is 91.3 cm³/mol. The molecular formula is C15H18BrNOS2. The van der Waals surface area contributed by atoms with Crippen LogP contribution in [0, 0.1) is 0 Å². The first-order valence-corrected chi connectivity index (χ1v) is 9.17. The third-order valence-electron chi connectivity index (χ3n) is 2.79. The summed E-state index contributed by atoms with van der Waals surface area (Å²) in [6.07, 6.45) is 0. The van der Waals surface area contributed by atoms with Gasteiger partial charge in [0, 0.05) is 14.7 Å². The minimum Gasteiger partial charge on any atom is -0.242 e. The van der Waals surface area contributed by atoms with Crippen LogP contribution >= 0.6 is 27.3 Å². The van der Waals surface area contributed by atoms with Gasteiger partial charge in [0.25, 0.3) is 0 Å². The van der Waals surface area contributed by atoms with Gasteiger partial charge in [-0.05, 0) is 48.3 Å². The highest BCUT2D eigenvalue weighted by Gasteiger charge is 2.25. The molecule has 0 bridgehead atoms. The van der Waals surface area contributed by atoms with Crippen LogP contribution in [0.5, 0.6) is 0 Å². The maximum absolute atomic E-state index is 12.4. The zero-order valence-electron chi connectivity index (χ0n) is 11.7. The van der Waals surface area contributed by atoms with E-state index in [1.165, 1.54) is 0 Å². The average Bonchev–Trinajstić information content (AvgIpc) is 2.82. The van der Waals surface area contributed by atoms with Crippen molar-refractivity contribution in [3.63, 3.8) is 0 Å². The lowest BCUT2D eigenvalue weighted by molar-refractivity contribution is 0.625. The fourth-order valence-corrected chi connectivity index (χ4v) is 4.13. The zero-order valence-corrected chi connectivity index (χ0v) is 14.9. The van der Waals surface area contributed by atoms with Crippen molar-refractivity contribution in [3.05, 3.63) is 56.7 Å². The molecule has 1 N–H and O–H groups in total. The highest BCUT2D eigenvalue weighted by atomic mass is 79.9. The number of halogens is 1. The second kappa shape index (κ2) is 6.52. The zero-order chi connectivity index (χ0) is 14.8. The van der Waals surface area contributed by atoms with E-state index < -0.39 is 11.0 Å². The van der Waals surface area contributed by atoms with E-state index >= 15 is 0 Å². The number of hydrogen-bond donors (Lipinski definition) is 1. The molecule has 5 heteroatoms. The normalized spacial score (nSPS) is 15.0. The van der Waals surface area contributed by atoms with E-state index in [0.717, 1.165) is 14.9 Å². The van der Waals surface area contributed by atoms with Gasteiger partial charge in [-0.2, -0.15) is 0 Å². The molecular weight excluding hydrogens is 354 g/mol. The van der Waals surface area contributed by atoms with Gasteiger partial charge >= 0.3 is 0 Å². The third-order valence-corrected chi connectivity index (χ3v) is 6.11. The van der Waals surface area contributed by atoms with Crippen LogP contribution in [0.3, 0.4) is 0 Å². The maximum Gasteiger partial charge on any atom is 0.0979 e. The molecule has 2 aromatic rings.